The number of fused-ring (bicyclic) bond motifs is 10. The van der Waals surface area contributed by atoms with Crippen LogP contribution in [0.5, 0.6) is 0 Å². The van der Waals surface area contributed by atoms with Crippen LogP contribution in [0.1, 0.15) is 28.9 Å². The van der Waals surface area contributed by atoms with E-state index in [4.69, 9.17) is 0 Å². The van der Waals surface area contributed by atoms with Gasteiger partial charge in [-0.3, -0.25) is 5.32 Å². The maximum absolute atomic E-state index is 3.93. The Hall–Kier alpha value is -6.20. The van der Waals surface area contributed by atoms with E-state index in [1.807, 2.05) is 11.3 Å². The number of nitrogens with one attached hydrogen (secondary N) is 2. The Morgan fingerprint density at radius 2 is 1.13 bits per heavy atom. The molecule has 2 unspecified atom stereocenters. The second-order valence-electron chi connectivity index (χ2n) is 13.8. The summed E-state index contributed by atoms with van der Waals surface area (Å²) in [5.41, 5.74) is 8.31. The molecule has 3 nitrogen and oxygen atoms in total. The molecule has 1 aliphatic rings. The number of nitrogens with zero attached hydrogens (tertiary/aromatic N) is 1. The maximum Gasteiger partial charge on any atom is 0.104 e. The van der Waals surface area contributed by atoms with Crippen LogP contribution < -0.4 is 10.6 Å². The molecule has 0 radical (unpaired) electrons. The number of benzene rings is 8. The van der Waals surface area contributed by atoms with Crippen molar-refractivity contribution >= 4 is 80.6 Å². The Labute approximate surface area is 305 Å². The van der Waals surface area contributed by atoms with Crippen molar-refractivity contribution in [3.8, 4) is 5.69 Å². The number of thiophene rings is 1. The van der Waals surface area contributed by atoms with Crippen LogP contribution in [0.2, 0.25) is 0 Å². The lowest BCUT2D eigenvalue weighted by Crippen LogP contribution is -2.39. The molecular formula is C48H33N3S. The summed E-state index contributed by atoms with van der Waals surface area (Å²) in [7, 11) is 0. The second kappa shape index (κ2) is 11.7. The minimum absolute atomic E-state index is 0.0342. The molecule has 1 aliphatic heterocycles. The predicted octanol–water partition coefficient (Wildman–Crippen LogP) is 12.4. The fraction of sp³-hybridized carbons (Fsp3) is 0.0417. The predicted molar refractivity (Wildman–Crippen MR) is 221 cm³/mol. The summed E-state index contributed by atoms with van der Waals surface area (Å²) in [5, 5.41) is 18.2. The Morgan fingerprint density at radius 1 is 0.481 bits per heavy atom. The molecule has 52 heavy (non-hydrogen) atoms. The highest BCUT2D eigenvalue weighted by Gasteiger charge is 2.25. The van der Waals surface area contributed by atoms with Crippen molar-refractivity contribution in [2.24, 2.45) is 0 Å². The molecule has 8 aromatic carbocycles. The van der Waals surface area contributed by atoms with Gasteiger partial charge in [0.25, 0.3) is 0 Å². The van der Waals surface area contributed by atoms with E-state index in [-0.39, 0.29) is 12.2 Å². The summed E-state index contributed by atoms with van der Waals surface area (Å²) in [6, 6.07) is 62.2. The number of rotatable bonds is 4. The lowest BCUT2D eigenvalue weighted by Gasteiger charge is -2.33. The molecule has 0 fully saturated rings. The fourth-order valence-electron chi connectivity index (χ4n) is 8.41. The van der Waals surface area contributed by atoms with Gasteiger partial charge in [0.2, 0.25) is 0 Å². The molecule has 3 heterocycles. The van der Waals surface area contributed by atoms with Crippen LogP contribution in [-0.2, 0) is 0 Å². The van der Waals surface area contributed by atoms with E-state index in [0.29, 0.717) is 0 Å². The minimum atomic E-state index is -0.0807. The van der Waals surface area contributed by atoms with Crippen molar-refractivity contribution in [1.29, 1.82) is 0 Å². The van der Waals surface area contributed by atoms with E-state index in [1.54, 1.807) is 0 Å². The summed E-state index contributed by atoms with van der Waals surface area (Å²) >= 11 is 1.86. The Kier molecular flexibility index (Phi) is 6.63. The van der Waals surface area contributed by atoms with Gasteiger partial charge in [-0.05, 0) is 86.8 Å². The Balaban J connectivity index is 1.08. The van der Waals surface area contributed by atoms with Crippen molar-refractivity contribution in [3.63, 3.8) is 0 Å². The van der Waals surface area contributed by atoms with Crippen LogP contribution in [0, 0.1) is 0 Å². The topological polar surface area (TPSA) is 29.0 Å². The van der Waals surface area contributed by atoms with Gasteiger partial charge in [-0.1, -0.05) is 127 Å². The van der Waals surface area contributed by atoms with Gasteiger partial charge in [0.15, 0.2) is 0 Å². The van der Waals surface area contributed by atoms with E-state index in [9.17, 15) is 0 Å². The lowest BCUT2D eigenvalue weighted by molar-refractivity contribution is 0.443. The third kappa shape index (κ3) is 4.62. The summed E-state index contributed by atoms with van der Waals surface area (Å²) in [6.07, 6.45) is 2.26. The molecule has 246 valence electrons. The highest BCUT2D eigenvalue weighted by atomic mass is 32.1. The van der Waals surface area contributed by atoms with Gasteiger partial charge in [-0.15, -0.1) is 11.3 Å². The molecular weight excluding hydrogens is 651 g/mol. The molecule has 0 saturated carbocycles. The SMILES string of the molecule is C1=C(c2cccc(-n3c4ccc5ccccc5c4c4c5ccccc5ccc43)c2)NC(c2ccc3sc4ccccc4c3c2)NC1c1ccccc1. The first-order valence-corrected chi connectivity index (χ1v) is 18.7. The van der Waals surface area contributed by atoms with Crippen LogP contribution in [-0.4, -0.2) is 4.57 Å². The van der Waals surface area contributed by atoms with Gasteiger partial charge in [-0.2, -0.15) is 0 Å². The summed E-state index contributed by atoms with van der Waals surface area (Å²) in [5.74, 6) is 0. The summed E-state index contributed by atoms with van der Waals surface area (Å²) in [4.78, 5) is 0. The van der Waals surface area contributed by atoms with Crippen molar-refractivity contribution in [3.05, 3.63) is 193 Å². The van der Waals surface area contributed by atoms with E-state index >= 15 is 0 Å². The third-order valence-corrected chi connectivity index (χ3v) is 12.0. The molecule has 10 aromatic rings. The minimum Gasteiger partial charge on any atom is -0.366 e. The zero-order valence-corrected chi connectivity index (χ0v) is 29.1. The molecule has 2 aromatic heterocycles. The average molecular weight is 684 g/mol. The highest BCUT2D eigenvalue weighted by Crippen LogP contribution is 2.41. The van der Waals surface area contributed by atoms with E-state index in [1.165, 1.54) is 74.6 Å². The summed E-state index contributed by atoms with van der Waals surface area (Å²) in [6.45, 7) is 0. The van der Waals surface area contributed by atoms with Gasteiger partial charge < -0.3 is 9.88 Å². The number of hydrogen-bond donors (Lipinski definition) is 2. The fourth-order valence-corrected chi connectivity index (χ4v) is 9.50. The molecule has 0 spiro atoms. The first-order valence-electron chi connectivity index (χ1n) is 17.9. The van der Waals surface area contributed by atoms with Gasteiger partial charge in [0.05, 0.1) is 17.1 Å². The van der Waals surface area contributed by atoms with Crippen LogP contribution in [0.4, 0.5) is 0 Å². The molecule has 0 amide bonds. The zero-order chi connectivity index (χ0) is 34.2. The Morgan fingerprint density at radius 3 is 1.88 bits per heavy atom. The van der Waals surface area contributed by atoms with Gasteiger partial charge in [0, 0.05) is 42.3 Å². The van der Waals surface area contributed by atoms with E-state index in [0.717, 1.165) is 16.9 Å². The van der Waals surface area contributed by atoms with Crippen molar-refractivity contribution in [2.45, 2.75) is 12.2 Å². The van der Waals surface area contributed by atoms with Crippen LogP contribution in [0.3, 0.4) is 0 Å². The van der Waals surface area contributed by atoms with Gasteiger partial charge >= 0.3 is 0 Å². The van der Waals surface area contributed by atoms with Crippen molar-refractivity contribution < 1.29 is 0 Å². The zero-order valence-electron chi connectivity index (χ0n) is 28.3. The van der Waals surface area contributed by atoms with Gasteiger partial charge in [-0.25, -0.2) is 0 Å². The Bertz CT molecular complexity index is 2950. The maximum atomic E-state index is 3.93. The number of hydrogen-bond acceptors (Lipinski definition) is 3. The average Bonchev–Trinajstić information content (AvgIpc) is 3.77. The monoisotopic (exact) mass is 683 g/mol. The number of aromatic nitrogens is 1. The van der Waals surface area contributed by atoms with Crippen LogP contribution in [0.15, 0.2) is 176 Å². The van der Waals surface area contributed by atoms with E-state index in [2.05, 4.69) is 191 Å². The first kappa shape index (κ1) is 29.5. The van der Waals surface area contributed by atoms with E-state index < -0.39 is 0 Å². The second-order valence-corrected chi connectivity index (χ2v) is 14.9. The van der Waals surface area contributed by atoms with Crippen LogP contribution in [0.25, 0.3) is 74.9 Å². The molecule has 0 bridgehead atoms. The standard InChI is InChI=1S/C48H33N3S/c1-2-13-32(14-3-1)40-29-41(50-48(49-40)34-23-26-45-39(28-34)38-19-8-9-20-44(38)52-45)33-15-10-16-35(27-33)51-42-24-21-30-11-4-6-17-36(30)46(42)47-37-18-7-5-12-31(37)22-25-43(47)51/h1-29,40,48-50H. The quantitative estimate of drug-likeness (QED) is 0.193. The molecule has 2 atom stereocenters. The molecule has 0 saturated heterocycles. The normalized spacial score (nSPS) is 16.3. The van der Waals surface area contributed by atoms with Crippen molar-refractivity contribution in [2.75, 3.05) is 0 Å². The lowest BCUT2D eigenvalue weighted by atomic mass is 9.97. The molecule has 4 heteroatoms. The molecule has 11 rings (SSSR count). The largest absolute Gasteiger partial charge is 0.366 e. The molecule has 2 N–H and O–H groups in total. The smallest absolute Gasteiger partial charge is 0.104 e. The molecule has 0 aliphatic carbocycles. The highest BCUT2D eigenvalue weighted by molar-refractivity contribution is 7.25. The van der Waals surface area contributed by atoms with Gasteiger partial charge in [0.1, 0.15) is 6.17 Å². The first-order chi connectivity index (χ1) is 25.8. The van der Waals surface area contributed by atoms with Crippen LogP contribution >= 0.6 is 11.3 Å². The van der Waals surface area contributed by atoms with Crippen molar-refractivity contribution in [1.82, 2.24) is 15.2 Å². The third-order valence-electron chi connectivity index (χ3n) is 10.8. The summed E-state index contributed by atoms with van der Waals surface area (Å²) < 4.78 is 5.09.